The van der Waals surface area contributed by atoms with Crippen LogP contribution in [0.15, 0.2) is 36.4 Å². The van der Waals surface area contributed by atoms with Crippen LogP contribution in [0.3, 0.4) is 0 Å². The summed E-state index contributed by atoms with van der Waals surface area (Å²) in [6.45, 7) is 0. The Balaban J connectivity index is 1.45. The van der Waals surface area contributed by atoms with E-state index >= 15 is 0 Å². The van der Waals surface area contributed by atoms with Crippen LogP contribution >= 0.6 is 23.2 Å². The highest BCUT2D eigenvalue weighted by atomic mass is 35.5. The Morgan fingerprint density at radius 1 is 0.870 bits per heavy atom. The normalized spacial score (nSPS) is 11.6. The van der Waals surface area contributed by atoms with E-state index in [2.05, 4.69) is 26.4 Å². The maximum absolute atomic E-state index is 5.98. The van der Waals surface area contributed by atoms with E-state index in [0.717, 1.165) is 46.6 Å². The van der Waals surface area contributed by atoms with E-state index in [1.54, 1.807) is 0 Å². The number of aryl methyl sites for hydroxylation is 1. The van der Waals surface area contributed by atoms with Gasteiger partial charge in [0.15, 0.2) is 0 Å². The van der Waals surface area contributed by atoms with Gasteiger partial charge in [-0.25, -0.2) is 9.97 Å². The van der Waals surface area contributed by atoms with Gasteiger partial charge in [-0.1, -0.05) is 23.2 Å². The first-order valence-corrected chi connectivity index (χ1v) is 8.05. The third-order valence-electron chi connectivity index (χ3n) is 3.68. The second-order valence-electron chi connectivity index (χ2n) is 5.37. The number of nitrogens with one attached hydrogen (secondary N) is 2. The van der Waals surface area contributed by atoms with Gasteiger partial charge in [-0.2, -0.15) is 0 Å². The summed E-state index contributed by atoms with van der Waals surface area (Å²) in [6.07, 6.45) is 3.71. The molecule has 1 radical (unpaired) electrons. The Bertz CT molecular complexity index is 907. The van der Waals surface area contributed by atoms with Gasteiger partial charge in [-0.3, -0.25) is 0 Å². The number of halogens is 2. The number of hydrogen-bond donors (Lipinski definition) is 2. The molecule has 6 heteroatoms. The summed E-state index contributed by atoms with van der Waals surface area (Å²) in [5, 5.41) is 1.39. The highest BCUT2D eigenvalue weighted by molar-refractivity contribution is 6.31. The summed E-state index contributed by atoms with van der Waals surface area (Å²) in [5.74, 6) is 1.79. The van der Waals surface area contributed by atoms with Crippen molar-refractivity contribution in [3.63, 3.8) is 0 Å². The standard InChI is InChI=1S/C17H13Cl2N4/c18-10-4-6-12-14(8-10)22-16(20-12)2-1-3-17-21-13-7-5-11(19)9-15(13)23-17/h2,4-9H,1,3H2,(H,20,22)(H,21,23). The number of imidazole rings is 2. The third-order valence-corrected chi connectivity index (χ3v) is 4.15. The van der Waals surface area contributed by atoms with Crippen molar-refractivity contribution in [2.45, 2.75) is 12.8 Å². The summed E-state index contributed by atoms with van der Waals surface area (Å²) >= 11 is 12.0. The van der Waals surface area contributed by atoms with Crippen LogP contribution in [0.1, 0.15) is 18.1 Å². The maximum Gasteiger partial charge on any atom is 0.111 e. The predicted molar refractivity (Wildman–Crippen MR) is 93.9 cm³/mol. The molecule has 2 heterocycles. The molecule has 0 saturated heterocycles. The average molecular weight is 344 g/mol. The molecule has 4 aromatic rings. The minimum absolute atomic E-state index is 0.691. The number of hydrogen-bond acceptors (Lipinski definition) is 2. The molecule has 2 N–H and O–H groups in total. The second kappa shape index (κ2) is 5.87. The van der Waals surface area contributed by atoms with Crippen molar-refractivity contribution in [1.82, 2.24) is 19.9 Å². The van der Waals surface area contributed by atoms with Gasteiger partial charge < -0.3 is 9.97 Å². The molecular weight excluding hydrogens is 331 g/mol. The minimum Gasteiger partial charge on any atom is -0.342 e. The van der Waals surface area contributed by atoms with E-state index in [1.807, 2.05) is 36.4 Å². The number of fused-ring (bicyclic) bond motifs is 2. The van der Waals surface area contributed by atoms with Crippen LogP contribution in [-0.4, -0.2) is 19.9 Å². The lowest BCUT2D eigenvalue weighted by molar-refractivity contribution is 0.869. The van der Waals surface area contributed by atoms with Crippen LogP contribution in [0.4, 0.5) is 0 Å². The van der Waals surface area contributed by atoms with E-state index in [0.29, 0.717) is 10.0 Å². The van der Waals surface area contributed by atoms with Gasteiger partial charge in [0.2, 0.25) is 0 Å². The van der Waals surface area contributed by atoms with Gasteiger partial charge in [0, 0.05) is 22.9 Å². The molecule has 0 aliphatic rings. The molecule has 0 aliphatic carbocycles. The van der Waals surface area contributed by atoms with Gasteiger partial charge in [0.05, 0.1) is 22.1 Å². The molecular formula is C17H13Cl2N4. The smallest absolute Gasteiger partial charge is 0.111 e. The van der Waals surface area contributed by atoms with Crippen molar-refractivity contribution < 1.29 is 0 Å². The number of aromatic amines is 2. The zero-order valence-electron chi connectivity index (χ0n) is 12.1. The molecule has 0 aliphatic heterocycles. The van der Waals surface area contributed by atoms with Gasteiger partial charge >= 0.3 is 0 Å². The summed E-state index contributed by atoms with van der Waals surface area (Å²) in [6, 6.07) is 11.3. The Kier molecular flexibility index (Phi) is 3.71. The molecule has 4 nitrogen and oxygen atoms in total. The van der Waals surface area contributed by atoms with Crippen LogP contribution in [0.2, 0.25) is 10.0 Å². The Morgan fingerprint density at radius 3 is 2.26 bits per heavy atom. The average Bonchev–Trinajstić information content (AvgIpc) is 3.09. The Morgan fingerprint density at radius 2 is 1.52 bits per heavy atom. The first-order valence-electron chi connectivity index (χ1n) is 7.30. The zero-order valence-corrected chi connectivity index (χ0v) is 13.6. The number of benzene rings is 2. The highest BCUT2D eigenvalue weighted by Gasteiger charge is 2.06. The molecule has 0 atom stereocenters. The topological polar surface area (TPSA) is 57.4 Å². The van der Waals surface area contributed by atoms with Crippen molar-refractivity contribution in [2.75, 3.05) is 0 Å². The largest absolute Gasteiger partial charge is 0.342 e. The monoisotopic (exact) mass is 343 g/mol. The SMILES string of the molecule is Clc1ccc2[nH]c([CH]CCc3nc4cc(Cl)ccc4[nH]3)nc2c1. The van der Waals surface area contributed by atoms with Gasteiger partial charge in [-0.15, -0.1) is 0 Å². The summed E-state index contributed by atoms with van der Waals surface area (Å²) in [4.78, 5) is 15.6. The fourth-order valence-corrected chi connectivity index (χ4v) is 2.92. The maximum atomic E-state index is 5.98. The first-order chi connectivity index (χ1) is 11.2. The van der Waals surface area contributed by atoms with Crippen LogP contribution in [0, 0.1) is 6.42 Å². The summed E-state index contributed by atoms with van der Waals surface area (Å²) in [7, 11) is 0. The summed E-state index contributed by atoms with van der Waals surface area (Å²) in [5.41, 5.74) is 3.76. The molecule has 115 valence electrons. The molecule has 0 bridgehead atoms. The highest BCUT2D eigenvalue weighted by Crippen LogP contribution is 2.20. The van der Waals surface area contributed by atoms with E-state index in [1.165, 1.54) is 0 Å². The predicted octanol–water partition coefficient (Wildman–Crippen LogP) is 4.93. The quantitative estimate of drug-likeness (QED) is 0.551. The molecule has 0 amide bonds. The van der Waals surface area contributed by atoms with Crippen molar-refractivity contribution in [2.24, 2.45) is 0 Å². The fraction of sp³-hybridized carbons (Fsp3) is 0.118. The van der Waals surface area contributed by atoms with Crippen molar-refractivity contribution >= 4 is 45.3 Å². The molecule has 0 saturated carbocycles. The zero-order chi connectivity index (χ0) is 15.8. The molecule has 4 rings (SSSR count). The van der Waals surface area contributed by atoms with Crippen LogP contribution in [0.25, 0.3) is 22.1 Å². The number of aromatic nitrogens is 4. The molecule has 23 heavy (non-hydrogen) atoms. The number of nitrogens with zero attached hydrogens (tertiary/aromatic N) is 2. The fourth-order valence-electron chi connectivity index (χ4n) is 2.59. The number of rotatable bonds is 4. The van der Waals surface area contributed by atoms with Crippen molar-refractivity contribution in [1.29, 1.82) is 0 Å². The molecule has 2 aromatic heterocycles. The van der Waals surface area contributed by atoms with Crippen LogP contribution in [-0.2, 0) is 6.42 Å². The van der Waals surface area contributed by atoms with E-state index < -0.39 is 0 Å². The molecule has 2 aromatic carbocycles. The lowest BCUT2D eigenvalue weighted by Gasteiger charge is -1.95. The lowest BCUT2D eigenvalue weighted by Crippen LogP contribution is -1.91. The molecule has 0 spiro atoms. The molecule has 0 fully saturated rings. The van der Waals surface area contributed by atoms with E-state index in [9.17, 15) is 0 Å². The minimum atomic E-state index is 0.691. The second-order valence-corrected chi connectivity index (χ2v) is 6.24. The molecule has 0 unspecified atom stereocenters. The Labute approximate surface area is 142 Å². The van der Waals surface area contributed by atoms with Gasteiger partial charge in [0.25, 0.3) is 0 Å². The van der Waals surface area contributed by atoms with E-state index in [4.69, 9.17) is 23.2 Å². The number of H-pyrrole nitrogens is 2. The van der Waals surface area contributed by atoms with Gasteiger partial charge in [0.1, 0.15) is 11.6 Å². The third kappa shape index (κ3) is 3.05. The Hall–Kier alpha value is -2.04. The van der Waals surface area contributed by atoms with Crippen molar-refractivity contribution in [3.8, 4) is 0 Å². The first kappa shape index (κ1) is 14.5. The van der Waals surface area contributed by atoms with Crippen molar-refractivity contribution in [3.05, 3.63) is 64.5 Å². The van der Waals surface area contributed by atoms with Crippen LogP contribution in [0.5, 0.6) is 0 Å². The van der Waals surface area contributed by atoms with E-state index in [-0.39, 0.29) is 0 Å². The van der Waals surface area contributed by atoms with Gasteiger partial charge in [-0.05, 0) is 42.8 Å². The van der Waals surface area contributed by atoms with Crippen LogP contribution < -0.4 is 0 Å². The summed E-state index contributed by atoms with van der Waals surface area (Å²) < 4.78 is 0. The lowest BCUT2D eigenvalue weighted by atomic mass is 10.2.